The van der Waals surface area contributed by atoms with Gasteiger partial charge in [-0.05, 0) is 34.9 Å². The van der Waals surface area contributed by atoms with Crippen molar-refractivity contribution in [1.82, 2.24) is 4.90 Å². The first-order valence-electron chi connectivity index (χ1n) is 8.95. The number of aliphatic hydroxyl groups excluding tert-OH is 1. The highest BCUT2D eigenvalue weighted by Gasteiger charge is 2.40. The highest BCUT2D eigenvalue weighted by Crippen LogP contribution is 2.42. The second kappa shape index (κ2) is 7.25. The molecule has 1 aliphatic rings. The van der Waals surface area contributed by atoms with Crippen molar-refractivity contribution in [2.45, 2.75) is 18.7 Å². The highest BCUT2D eigenvalue weighted by atomic mass is 16.5. The van der Waals surface area contributed by atoms with Gasteiger partial charge in [0.05, 0.1) is 13.2 Å². The molecule has 0 aliphatic carbocycles. The van der Waals surface area contributed by atoms with Crippen molar-refractivity contribution < 1.29 is 14.6 Å². The Bertz CT molecular complexity index is 937. The van der Waals surface area contributed by atoms with Gasteiger partial charge < -0.3 is 14.7 Å². The molecule has 4 heteroatoms. The molecule has 0 radical (unpaired) electrons. The van der Waals surface area contributed by atoms with Crippen LogP contribution < -0.4 is 4.74 Å². The van der Waals surface area contributed by atoms with Crippen LogP contribution in [0.2, 0.25) is 0 Å². The number of nitrogens with zero attached hydrogens (tertiary/aromatic N) is 1. The Balaban J connectivity index is 1.70. The van der Waals surface area contributed by atoms with Crippen LogP contribution in [0.4, 0.5) is 0 Å². The van der Waals surface area contributed by atoms with Crippen LogP contribution in [0.1, 0.15) is 39.2 Å². The van der Waals surface area contributed by atoms with Crippen LogP contribution in [0, 0.1) is 0 Å². The molecule has 1 amide bonds. The maximum Gasteiger partial charge on any atom is 0.255 e. The highest BCUT2D eigenvalue weighted by molar-refractivity contribution is 5.99. The lowest BCUT2D eigenvalue weighted by molar-refractivity contribution is 0.0399. The topological polar surface area (TPSA) is 49.8 Å². The number of fused-ring (bicyclic) bond motifs is 1. The Kier molecular flexibility index (Phi) is 4.65. The summed E-state index contributed by atoms with van der Waals surface area (Å²) in [6.07, 6.45) is -0.794. The van der Waals surface area contributed by atoms with E-state index in [4.69, 9.17) is 4.74 Å². The third-order valence-corrected chi connectivity index (χ3v) is 5.06. The first-order valence-corrected chi connectivity index (χ1v) is 8.95. The molecule has 0 unspecified atom stereocenters. The molecule has 2 atom stereocenters. The molecule has 1 aliphatic heterocycles. The molecule has 3 aromatic rings. The Hall–Kier alpha value is -3.11. The van der Waals surface area contributed by atoms with Gasteiger partial charge in [-0.3, -0.25) is 4.79 Å². The molecular formula is C23H21NO3. The van der Waals surface area contributed by atoms with Gasteiger partial charge in [0.1, 0.15) is 11.9 Å². The van der Waals surface area contributed by atoms with Gasteiger partial charge in [-0.2, -0.15) is 0 Å². The molecule has 27 heavy (non-hydrogen) atoms. The first-order chi connectivity index (χ1) is 13.2. The maximum absolute atomic E-state index is 13.1. The molecule has 3 aromatic carbocycles. The Morgan fingerprint density at radius 3 is 2.33 bits per heavy atom. The van der Waals surface area contributed by atoms with Crippen LogP contribution in [-0.4, -0.2) is 23.0 Å². The van der Waals surface area contributed by atoms with Gasteiger partial charge >= 0.3 is 0 Å². The van der Waals surface area contributed by atoms with Gasteiger partial charge in [0.25, 0.3) is 5.91 Å². The molecule has 1 heterocycles. The van der Waals surface area contributed by atoms with Gasteiger partial charge in [0, 0.05) is 12.1 Å². The number of hydrogen-bond donors (Lipinski definition) is 1. The fourth-order valence-electron chi connectivity index (χ4n) is 3.67. The summed E-state index contributed by atoms with van der Waals surface area (Å²) in [7, 11) is 1.63. The average molecular weight is 359 g/mol. The minimum atomic E-state index is -0.794. The van der Waals surface area contributed by atoms with E-state index in [0.717, 1.165) is 22.4 Å². The number of amides is 1. The third kappa shape index (κ3) is 3.20. The molecule has 0 bridgehead atoms. The number of rotatable bonds is 5. The van der Waals surface area contributed by atoms with E-state index in [2.05, 4.69) is 0 Å². The fraction of sp³-hybridized carbons (Fsp3) is 0.174. The number of hydrogen-bond acceptors (Lipinski definition) is 3. The number of benzene rings is 3. The number of aliphatic hydroxyl groups is 1. The largest absolute Gasteiger partial charge is 0.497 e. The zero-order valence-corrected chi connectivity index (χ0v) is 15.1. The summed E-state index contributed by atoms with van der Waals surface area (Å²) in [6, 6.07) is 24.3. The van der Waals surface area contributed by atoms with Crippen molar-refractivity contribution in [1.29, 1.82) is 0 Å². The predicted molar refractivity (Wildman–Crippen MR) is 103 cm³/mol. The van der Waals surface area contributed by atoms with E-state index in [1.807, 2.05) is 78.9 Å². The van der Waals surface area contributed by atoms with E-state index in [1.165, 1.54) is 0 Å². The van der Waals surface area contributed by atoms with Gasteiger partial charge in [0.15, 0.2) is 0 Å². The van der Waals surface area contributed by atoms with E-state index in [0.29, 0.717) is 12.1 Å². The number of methoxy groups -OCH3 is 1. The van der Waals surface area contributed by atoms with Crippen LogP contribution in [0.25, 0.3) is 0 Å². The van der Waals surface area contributed by atoms with E-state index in [1.54, 1.807) is 12.0 Å². The van der Waals surface area contributed by atoms with Gasteiger partial charge in [-0.15, -0.1) is 0 Å². The van der Waals surface area contributed by atoms with Crippen LogP contribution in [0.15, 0.2) is 78.9 Å². The number of carbonyl (C=O) groups is 1. The molecular weight excluding hydrogens is 338 g/mol. The van der Waals surface area contributed by atoms with Crippen molar-refractivity contribution in [3.8, 4) is 5.75 Å². The summed E-state index contributed by atoms with van der Waals surface area (Å²) in [5.41, 5.74) is 3.31. The molecule has 0 aromatic heterocycles. The summed E-state index contributed by atoms with van der Waals surface area (Å²) >= 11 is 0. The van der Waals surface area contributed by atoms with Crippen molar-refractivity contribution in [2.24, 2.45) is 0 Å². The maximum atomic E-state index is 13.1. The average Bonchev–Trinajstić information content (AvgIpc) is 3.01. The van der Waals surface area contributed by atoms with Crippen molar-refractivity contribution in [3.05, 3.63) is 101 Å². The van der Waals surface area contributed by atoms with E-state index >= 15 is 0 Å². The number of ether oxygens (including phenoxy) is 1. The Labute approximate surface area is 158 Å². The van der Waals surface area contributed by atoms with E-state index < -0.39 is 12.1 Å². The SMILES string of the molecule is COc1ccc(CN2C(=O)c3ccccc3[C@@H]2[C@@H](O)c2ccccc2)cc1. The van der Waals surface area contributed by atoms with E-state index in [9.17, 15) is 9.90 Å². The summed E-state index contributed by atoms with van der Waals surface area (Å²) in [6.45, 7) is 0.423. The molecule has 4 rings (SSSR count). The second-order valence-corrected chi connectivity index (χ2v) is 6.67. The van der Waals surface area contributed by atoms with Crippen molar-refractivity contribution >= 4 is 5.91 Å². The molecule has 0 saturated heterocycles. The van der Waals surface area contributed by atoms with Gasteiger partial charge in [0.2, 0.25) is 0 Å². The van der Waals surface area contributed by atoms with Crippen LogP contribution >= 0.6 is 0 Å². The first kappa shape index (κ1) is 17.3. The van der Waals surface area contributed by atoms with Crippen LogP contribution in [0.3, 0.4) is 0 Å². The predicted octanol–water partition coefficient (Wildman–Crippen LogP) is 4.13. The minimum Gasteiger partial charge on any atom is -0.497 e. The molecule has 0 fully saturated rings. The Morgan fingerprint density at radius 2 is 1.63 bits per heavy atom. The van der Waals surface area contributed by atoms with Gasteiger partial charge in [-0.1, -0.05) is 60.7 Å². The summed E-state index contributed by atoms with van der Waals surface area (Å²) in [5, 5.41) is 11.1. The standard InChI is InChI=1S/C23H21NO3/c1-27-18-13-11-16(12-14-18)15-24-21(22(25)17-7-3-2-4-8-17)19-9-5-6-10-20(19)23(24)26/h2-14,21-22,25H,15H2,1H3/t21-,22+/m1/s1. The smallest absolute Gasteiger partial charge is 0.255 e. The molecule has 0 saturated carbocycles. The Morgan fingerprint density at radius 1 is 0.963 bits per heavy atom. The van der Waals surface area contributed by atoms with Crippen molar-refractivity contribution in [2.75, 3.05) is 7.11 Å². The minimum absolute atomic E-state index is 0.0543. The van der Waals surface area contributed by atoms with E-state index in [-0.39, 0.29) is 5.91 Å². The second-order valence-electron chi connectivity index (χ2n) is 6.67. The molecule has 0 spiro atoms. The summed E-state index contributed by atoms with van der Waals surface area (Å²) in [5.74, 6) is 0.719. The van der Waals surface area contributed by atoms with Crippen LogP contribution in [-0.2, 0) is 6.54 Å². The molecule has 1 N–H and O–H groups in total. The lowest BCUT2D eigenvalue weighted by Gasteiger charge is -2.30. The third-order valence-electron chi connectivity index (χ3n) is 5.06. The summed E-state index contributed by atoms with van der Waals surface area (Å²) < 4.78 is 5.21. The molecule has 136 valence electrons. The zero-order valence-electron chi connectivity index (χ0n) is 15.1. The van der Waals surface area contributed by atoms with Crippen LogP contribution in [0.5, 0.6) is 5.75 Å². The fourth-order valence-corrected chi connectivity index (χ4v) is 3.67. The number of carbonyl (C=O) groups excluding carboxylic acids is 1. The van der Waals surface area contributed by atoms with Gasteiger partial charge in [-0.25, -0.2) is 0 Å². The summed E-state index contributed by atoms with van der Waals surface area (Å²) in [4.78, 5) is 14.8. The normalized spacial score (nSPS) is 16.9. The van der Waals surface area contributed by atoms with Crippen molar-refractivity contribution in [3.63, 3.8) is 0 Å². The lowest BCUT2D eigenvalue weighted by atomic mass is 9.95. The lowest BCUT2D eigenvalue weighted by Crippen LogP contribution is -2.31. The quantitative estimate of drug-likeness (QED) is 0.745. The molecule has 4 nitrogen and oxygen atoms in total. The monoisotopic (exact) mass is 359 g/mol. The zero-order chi connectivity index (χ0) is 18.8.